The lowest BCUT2D eigenvalue weighted by atomic mass is 10.1. The lowest BCUT2D eigenvalue weighted by Crippen LogP contribution is -2.11. The van der Waals surface area contributed by atoms with Crippen molar-refractivity contribution in [3.63, 3.8) is 0 Å². The van der Waals surface area contributed by atoms with Gasteiger partial charge < -0.3 is 14.2 Å². The molecule has 0 spiro atoms. The van der Waals surface area contributed by atoms with E-state index < -0.39 is 0 Å². The molecule has 1 atom stereocenters. The molecule has 0 aromatic rings. The second-order valence-electron chi connectivity index (χ2n) is 4.12. The van der Waals surface area contributed by atoms with Gasteiger partial charge in [0.25, 0.3) is 0 Å². The molecule has 0 heterocycles. The molecule has 0 amide bonds. The molecule has 0 aliphatic rings. The first-order valence-electron chi connectivity index (χ1n) is 5.97. The minimum absolute atomic E-state index is 0.265. The highest BCUT2D eigenvalue weighted by molar-refractivity contribution is 6.20. The van der Waals surface area contributed by atoms with Gasteiger partial charge in [-0.25, -0.2) is 0 Å². The topological polar surface area (TPSA) is 27.7 Å². The van der Waals surface area contributed by atoms with E-state index in [1.54, 1.807) is 7.11 Å². The summed E-state index contributed by atoms with van der Waals surface area (Å²) in [5.74, 6) is 0.541. The molecule has 4 heteroatoms. The Balaban J connectivity index is 3.04. The van der Waals surface area contributed by atoms with Gasteiger partial charge in [0.1, 0.15) is 0 Å². The molecule has 98 valence electrons. The fourth-order valence-electron chi connectivity index (χ4n) is 1.18. The fraction of sp³-hybridized carbons (Fsp3) is 1.00. The van der Waals surface area contributed by atoms with Crippen LogP contribution in [0.15, 0.2) is 0 Å². The highest BCUT2D eigenvalue weighted by atomic mass is 35.5. The van der Waals surface area contributed by atoms with Gasteiger partial charge in [0.05, 0.1) is 26.4 Å². The Bertz CT molecular complexity index is 142. The quantitative estimate of drug-likeness (QED) is 0.418. The number of methoxy groups -OCH3 is 1. The molecule has 0 aliphatic heterocycles. The van der Waals surface area contributed by atoms with Gasteiger partial charge in [0.15, 0.2) is 0 Å². The van der Waals surface area contributed by atoms with E-state index in [1.807, 2.05) is 0 Å². The molecule has 0 fully saturated rings. The molecule has 0 bridgehead atoms. The van der Waals surface area contributed by atoms with Crippen LogP contribution in [0, 0.1) is 5.92 Å². The lowest BCUT2D eigenvalue weighted by Gasteiger charge is -2.12. The molecule has 0 saturated carbocycles. The number of hydrogen-bond acceptors (Lipinski definition) is 3. The number of hydrogen-bond donors (Lipinski definition) is 0. The van der Waals surface area contributed by atoms with Crippen LogP contribution in [0.25, 0.3) is 0 Å². The zero-order valence-corrected chi connectivity index (χ0v) is 11.5. The maximum atomic E-state index is 6.12. The van der Waals surface area contributed by atoms with E-state index >= 15 is 0 Å². The second kappa shape index (κ2) is 11.6. The summed E-state index contributed by atoms with van der Waals surface area (Å²) in [4.78, 5) is 0. The lowest BCUT2D eigenvalue weighted by molar-refractivity contribution is 0.0239. The zero-order chi connectivity index (χ0) is 12.2. The Morgan fingerprint density at radius 2 is 1.50 bits per heavy atom. The van der Waals surface area contributed by atoms with Crippen LogP contribution in [-0.2, 0) is 14.2 Å². The van der Waals surface area contributed by atoms with E-state index in [-0.39, 0.29) is 5.38 Å². The van der Waals surface area contributed by atoms with Crippen molar-refractivity contribution in [2.45, 2.75) is 32.1 Å². The van der Waals surface area contributed by atoms with Crippen molar-refractivity contribution >= 4 is 11.6 Å². The molecular formula is C12H25ClO3. The third-order valence-corrected chi connectivity index (χ3v) is 3.02. The van der Waals surface area contributed by atoms with Gasteiger partial charge in [-0.1, -0.05) is 13.8 Å². The zero-order valence-electron chi connectivity index (χ0n) is 10.7. The van der Waals surface area contributed by atoms with E-state index in [4.69, 9.17) is 25.8 Å². The van der Waals surface area contributed by atoms with Crippen molar-refractivity contribution in [1.29, 1.82) is 0 Å². The molecular weight excluding hydrogens is 228 g/mol. The second-order valence-corrected chi connectivity index (χ2v) is 4.68. The third kappa shape index (κ3) is 10.7. The summed E-state index contributed by atoms with van der Waals surface area (Å²) in [5, 5.41) is 0.265. The van der Waals surface area contributed by atoms with Crippen LogP contribution in [-0.4, -0.2) is 45.5 Å². The largest absolute Gasteiger partial charge is 0.382 e. The van der Waals surface area contributed by atoms with Crippen LogP contribution in [0.3, 0.4) is 0 Å². The first kappa shape index (κ1) is 16.2. The van der Waals surface area contributed by atoms with Crippen LogP contribution in [0.5, 0.6) is 0 Å². The van der Waals surface area contributed by atoms with E-state index in [1.165, 1.54) is 0 Å². The molecule has 0 radical (unpaired) electrons. The van der Waals surface area contributed by atoms with E-state index in [2.05, 4.69) is 13.8 Å². The average Bonchev–Trinajstić information content (AvgIpc) is 2.26. The van der Waals surface area contributed by atoms with E-state index in [0.717, 1.165) is 19.4 Å². The summed E-state index contributed by atoms with van der Waals surface area (Å²) in [6.45, 7) is 7.61. The molecule has 3 nitrogen and oxygen atoms in total. The summed E-state index contributed by atoms with van der Waals surface area (Å²) < 4.78 is 15.5. The van der Waals surface area contributed by atoms with Crippen molar-refractivity contribution in [1.82, 2.24) is 0 Å². The Morgan fingerprint density at radius 3 is 2.06 bits per heavy atom. The molecule has 0 saturated heterocycles. The van der Waals surface area contributed by atoms with Crippen LogP contribution >= 0.6 is 11.6 Å². The Hall–Kier alpha value is 0.170. The summed E-state index contributed by atoms with van der Waals surface area (Å²) >= 11 is 6.12. The van der Waals surface area contributed by atoms with Crippen LogP contribution in [0.1, 0.15) is 26.7 Å². The summed E-state index contributed by atoms with van der Waals surface area (Å²) in [5.41, 5.74) is 0. The molecule has 16 heavy (non-hydrogen) atoms. The normalized spacial score (nSPS) is 13.3. The fourth-order valence-corrected chi connectivity index (χ4v) is 1.33. The molecule has 1 unspecified atom stereocenters. The van der Waals surface area contributed by atoms with Gasteiger partial charge in [-0.15, -0.1) is 11.6 Å². The maximum Gasteiger partial charge on any atom is 0.0701 e. The van der Waals surface area contributed by atoms with Gasteiger partial charge in [0, 0.05) is 19.1 Å². The maximum absolute atomic E-state index is 6.12. The monoisotopic (exact) mass is 252 g/mol. The Morgan fingerprint density at radius 1 is 0.938 bits per heavy atom. The SMILES string of the molecule is COCCOCCOCCCC(Cl)C(C)C. The molecule has 0 aromatic heterocycles. The smallest absolute Gasteiger partial charge is 0.0701 e. The Labute approximate surface area is 104 Å². The van der Waals surface area contributed by atoms with Crippen LogP contribution in [0.2, 0.25) is 0 Å². The van der Waals surface area contributed by atoms with Crippen LogP contribution in [0.4, 0.5) is 0 Å². The van der Waals surface area contributed by atoms with Crippen molar-refractivity contribution in [2.75, 3.05) is 40.1 Å². The van der Waals surface area contributed by atoms with E-state index in [9.17, 15) is 0 Å². The van der Waals surface area contributed by atoms with Gasteiger partial charge in [-0.2, -0.15) is 0 Å². The van der Waals surface area contributed by atoms with Gasteiger partial charge >= 0.3 is 0 Å². The van der Waals surface area contributed by atoms with Crippen molar-refractivity contribution < 1.29 is 14.2 Å². The number of rotatable bonds is 11. The van der Waals surface area contributed by atoms with Crippen molar-refractivity contribution in [3.05, 3.63) is 0 Å². The molecule has 0 N–H and O–H groups in total. The van der Waals surface area contributed by atoms with Crippen molar-refractivity contribution in [3.8, 4) is 0 Å². The average molecular weight is 253 g/mol. The first-order chi connectivity index (χ1) is 7.68. The predicted octanol–water partition coefficient (Wildman–Crippen LogP) is 2.71. The van der Waals surface area contributed by atoms with Crippen molar-refractivity contribution in [2.24, 2.45) is 5.92 Å². The number of halogens is 1. The van der Waals surface area contributed by atoms with Crippen LogP contribution < -0.4 is 0 Å². The number of alkyl halides is 1. The predicted molar refractivity (Wildman–Crippen MR) is 67.2 cm³/mol. The molecule has 0 rings (SSSR count). The highest BCUT2D eigenvalue weighted by Crippen LogP contribution is 2.14. The minimum Gasteiger partial charge on any atom is -0.382 e. The van der Waals surface area contributed by atoms with Gasteiger partial charge in [-0.3, -0.25) is 0 Å². The molecule has 0 aliphatic carbocycles. The Kier molecular flexibility index (Phi) is 11.8. The van der Waals surface area contributed by atoms with E-state index in [0.29, 0.717) is 32.3 Å². The summed E-state index contributed by atoms with van der Waals surface area (Å²) in [6, 6.07) is 0. The summed E-state index contributed by atoms with van der Waals surface area (Å²) in [6.07, 6.45) is 2.04. The molecule has 0 aromatic carbocycles. The first-order valence-corrected chi connectivity index (χ1v) is 6.40. The van der Waals surface area contributed by atoms with Gasteiger partial charge in [0.2, 0.25) is 0 Å². The highest BCUT2D eigenvalue weighted by Gasteiger charge is 2.08. The minimum atomic E-state index is 0.265. The van der Waals surface area contributed by atoms with Gasteiger partial charge in [-0.05, 0) is 18.8 Å². The number of ether oxygens (including phenoxy) is 3. The summed E-state index contributed by atoms with van der Waals surface area (Å²) in [7, 11) is 1.66. The standard InChI is InChI=1S/C12H25ClO3/c1-11(2)12(13)5-4-6-15-9-10-16-8-7-14-3/h11-12H,4-10H2,1-3H3. The third-order valence-electron chi connectivity index (χ3n) is 2.30.